The average Bonchev–Trinajstić information content (AvgIpc) is 3.30. The third-order valence-electron chi connectivity index (χ3n) is 10.2. The lowest BCUT2D eigenvalue weighted by atomic mass is 9.89. The first-order chi connectivity index (χ1) is 31.1. The first-order valence-corrected chi connectivity index (χ1v) is 24.6. The van der Waals surface area contributed by atoms with E-state index in [4.69, 9.17) is 14.2 Å². The largest absolute Gasteiger partial charge is 0.504 e. The average molecular weight is 961 g/mol. The van der Waals surface area contributed by atoms with Gasteiger partial charge in [0.25, 0.3) is 17.7 Å². The number of rotatable bonds is 27. The quantitative estimate of drug-likeness (QED) is 0.0532. The first-order valence-electron chi connectivity index (χ1n) is 20.4. The summed E-state index contributed by atoms with van der Waals surface area (Å²) in [7, 11) is 4.03. The summed E-state index contributed by atoms with van der Waals surface area (Å²) in [6, 6.07) is 10.0. The van der Waals surface area contributed by atoms with Gasteiger partial charge in [-0.25, -0.2) is 0 Å². The van der Waals surface area contributed by atoms with Crippen LogP contribution >= 0.6 is 35.3 Å². The molecule has 3 aromatic carbocycles. The number of carbonyl (C=O) groups excluding carboxylic acids is 6. The number of nitrogens with one attached hydrogen (secondary N) is 6. The molecule has 3 aromatic rings. The van der Waals surface area contributed by atoms with Crippen LogP contribution in [-0.2, 0) is 14.4 Å². The Kier molecular flexibility index (Phi) is 22.3. The second-order valence-electron chi connectivity index (χ2n) is 15.0. The Bertz CT molecular complexity index is 1880. The maximum Gasteiger partial charge on any atom is 0.255 e. The molecule has 21 heteroatoms. The summed E-state index contributed by atoms with van der Waals surface area (Å²) in [6.07, 6.45) is 6.17. The van der Waals surface area contributed by atoms with E-state index >= 15 is 0 Å². The molecule has 9 N–H and O–H groups in total. The van der Waals surface area contributed by atoms with E-state index in [-0.39, 0.29) is 72.8 Å². The molecular formula is C44H60N6O12S3. The minimum atomic E-state index is -1.14. The number of hydrogen-bond acceptors (Lipinski definition) is 15. The van der Waals surface area contributed by atoms with Gasteiger partial charge in [0.2, 0.25) is 17.7 Å². The summed E-state index contributed by atoms with van der Waals surface area (Å²) in [5.41, 5.74) is -1.44. The summed E-state index contributed by atoms with van der Waals surface area (Å²) in [4.78, 5) is 81.8. The second-order valence-corrected chi connectivity index (χ2v) is 17.9. The maximum absolute atomic E-state index is 13.9. The number of amides is 6. The third kappa shape index (κ3) is 15.8. The number of benzene rings is 3. The number of carbonyl (C=O) groups is 6. The zero-order chi connectivity index (χ0) is 48.1. The molecule has 0 aliphatic heterocycles. The van der Waals surface area contributed by atoms with Crippen LogP contribution in [0.2, 0.25) is 0 Å². The summed E-state index contributed by atoms with van der Waals surface area (Å²) < 4.78 is 15.4. The molecule has 0 radical (unpaired) electrons. The van der Waals surface area contributed by atoms with E-state index in [1.807, 2.05) is 18.8 Å². The molecule has 3 atom stereocenters. The molecule has 0 spiro atoms. The van der Waals surface area contributed by atoms with Gasteiger partial charge in [0, 0.05) is 25.0 Å². The van der Waals surface area contributed by atoms with Gasteiger partial charge in [-0.2, -0.15) is 35.3 Å². The summed E-state index contributed by atoms with van der Waals surface area (Å²) in [5.74, 6) is -3.39. The van der Waals surface area contributed by atoms with E-state index in [0.717, 1.165) is 0 Å². The van der Waals surface area contributed by atoms with Crippen LogP contribution in [0.5, 0.6) is 34.5 Å². The van der Waals surface area contributed by atoms with Crippen LogP contribution in [0.3, 0.4) is 0 Å². The number of ether oxygens (including phenoxy) is 3. The molecule has 0 fully saturated rings. The number of phenols is 3. The standard InChI is InChI=1S/C44H60N6O12S3/c1-44(23-45-41(57)29(17-20-63-5)48-38(54)26-11-8-14-32(60-2)35(26)51,24-46-42(58)30(18-21-64-6)49-39(55)27-12-9-15-33(61-3)36(27)52)25-47-43(59)31(19-22-65-7)50-40(56)28-13-10-16-34(62-4)37(28)53/h8-16,29-31,51-53H,17-25H2,1-7H3,(H,45,57)(H,46,58)(H,47,59)(H,48,54)(H,49,55)(H,50,56)/t29-,30-,31-/m0/s1. The predicted molar refractivity (Wildman–Crippen MR) is 254 cm³/mol. The Morgan fingerprint density at radius 1 is 0.508 bits per heavy atom. The second kappa shape index (κ2) is 27.0. The lowest BCUT2D eigenvalue weighted by molar-refractivity contribution is -0.124. The maximum atomic E-state index is 13.9. The summed E-state index contributed by atoms with van der Waals surface area (Å²) >= 11 is 4.36. The van der Waals surface area contributed by atoms with Gasteiger partial charge < -0.3 is 61.4 Å². The highest BCUT2D eigenvalue weighted by Gasteiger charge is 2.33. The fraction of sp³-hybridized carbons (Fsp3) is 0.455. The molecule has 0 heterocycles. The molecule has 356 valence electrons. The molecule has 18 nitrogen and oxygen atoms in total. The Balaban J connectivity index is 1.90. The molecule has 0 aliphatic carbocycles. The number of para-hydroxylation sites is 3. The van der Waals surface area contributed by atoms with Gasteiger partial charge in [-0.05, 0) is 91.7 Å². The monoisotopic (exact) mass is 960 g/mol. The van der Waals surface area contributed by atoms with E-state index in [9.17, 15) is 44.1 Å². The lowest BCUT2D eigenvalue weighted by Gasteiger charge is -2.33. The highest BCUT2D eigenvalue weighted by molar-refractivity contribution is 7.98. The number of aromatic hydroxyl groups is 3. The van der Waals surface area contributed by atoms with Gasteiger partial charge >= 0.3 is 0 Å². The van der Waals surface area contributed by atoms with Crippen LogP contribution in [0.15, 0.2) is 54.6 Å². The molecule has 3 rings (SSSR count). The minimum Gasteiger partial charge on any atom is -0.504 e. The molecule has 6 amide bonds. The third-order valence-corrected chi connectivity index (χ3v) is 12.1. The predicted octanol–water partition coefficient (Wildman–Crippen LogP) is 3.14. The Labute approximate surface area is 391 Å². The molecule has 0 aromatic heterocycles. The number of thioether (sulfide) groups is 3. The smallest absolute Gasteiger partial charge is 0.255 e. The van der Waals surface area contributed by atoms with E-state index in [0.29, 0.717) is 17.3 Å². The van der Waals surface area contributed by atoms with Crippen molar-refractivity contribution in [3.8, 4) is 34.5 Å². The van der Waals surface area contributed by atoms with E-state index in [1.165, 1.54) is 111 Å². The molecular weight excluding hydrogens is 901 g/mol. The fourth-order valence-electron chi connectivity index (χ4n) is 6.29. The van der Waals surface area contributed by atoms with Crippen LogP contribution in [0.25, 0.3) is 0 Å². The highest BCUT2D eigenvalue weighted by atomic mass is 32.2. The van der Waals surface area contributed by atoms with Crippen molar-refractivity contribution in [3.63, 3.8) is 0 Å². The molecule has 0 saturated heterocycles. The van der Waals surface area contributed by atoms with Crippen LogP contribution < -0.4 is 46.1 Å². The van der Waals surface area contributed by atoms with Crippen LogP contribution in [0.1, 0.15) is 57.3 Å². The molecule has 0 bridgehead atoms. The van der Waals surface area contributed by atoms with Crippen molar-refractivity contribution in [1.82, 2.24) is 31.9 Å². The highest BCUT2D eigenvalue weighted by Crippen LogP contribution is 2.31. The normalized spacial score (nSPS) is 12.4. The number of phenolic OH excluding ortho intramolecular Hbond substituents is 3. The van der Waals surface area contributed by atoms with Gasteiger partial charge in [-0.1, -0.05) is 25.1 Å². The summed E-state index contributed by atoms with van der Waals surface area (Å²) in [5, 5.41) is 48.5. The molecule has 65 heavy (non-hydrogen) atoms. The van der Waals surface area contributed by atoms with Gasteiger partial charge in [-0.15, -0.1) is 0 Å². The van der Waals surface area contributed by atoms with E-state index in [1.54, 1.807) is 6.92 Å². The first kappa shape index (κ1) is 53.7. The van der Waals surface area contributed by atoms with Gasteiger partial charge in [0.1, 0.15) is 18.1 Å². The number of hydrogen-bond donors (Lipinski definition) is 9. The van der Waals surface area contributed by atoms with Crippen molar-refractivity contribution in [3.05, 3.63) is 71.3 Å². The van der Waals surface area contributed by atoms with E-state index < -0.39 is 76.2 Å². The zero-order valence-electron chi connectivity index (χ0n) is 37.5. The van der Waals surface area contributed by atoms with Crippen molar-refractivity contribution in [2.24, 2.45) is 5.41 Å². The van der Waals surface area contributed by atoms with Crippen molar-refractivity contribution < 1.29 is 58.3 Å². The van der Waals surface area contributed by atoms with Gasteiger partial charge in [0.15, 0.2) is 34.5 Å². The Morgan fingerprint density at radius 3 is 1.00 bits per heavy atom. The topological polar surface area (TPSA) is 263 Å². The Morgan fingerprint density at radius 2 is 0.769 bits per heavy atom. The van der Waals surface area contributed by atoms with Crippen LogP contribution in [0.4, 0.5) is 0 Å². The molecule has 0 unspecified atom stereocenters. The van der Waals surface area contributed by atoms with Gasteiger partial charge in [-0.3, -0.25) is 28.8 Å². The van der Waals surface area contributed by atoms with Crippen molar-refractivity contribution >= 4 is 70.7 Å². The fourth-order valence-corrected chi connectivity index (χ4v) is 7.71. The SMILES string of the molecule is COc1cccc(C(=O)N[C@@H](CCSC)C(=O)NCC(C)(CNC(=O)[C@H](CCSC)NC(=O)c2cccc(OC)c2O)CNC(=O)[C@H](CCSC)NC(=O)c2cccc(OC)c2O)c1O. The van der Waals surface area contributed by atoms with Crippen LogP contribution in [0, 0.1) is 5.41 Å². The lowest BCUT2D eigenvalue weighted by Crippen LogP contribution is -2.56. The van der Waals surface area contributed by atoms with Crippen molar-refractivity contribution in [2.75, 3.05) is 77.0 Å². The van der Waals surface area contributed by atoms with Crippen LogP contribution in [-0.4, -0.2) is 146 Å². The Hall–Kier alpha value is -5.67. The van der Waals surface area contributed by atoms with Crippen molar-refractivity contribution in [2.45, 2.75) is 44.3 Å². The van der Waals surface area contributed by atoms with Gasteiger partial charge in [0.05, 0.1) is 38.0 Å². The van der Waals surface area contributed by atoms with E-state index in [2.05, 4.69) is 31.9 Å². The molecule has 0 saturated carbocycles. The minimum absolute atomic E-state index is 0.0741. The molecule has 0 aliphatic rings. The number of methoxy groups -OCH3 is 3. The van der Waals surface area contributed by atoms with Crippen molar-refractivity contribution in [1.29, 1.82) is 0 Å². The zero-order valence-corrected chi connectivity index (χ0v) is 40.0. The summed E-state index contributed by atoms with van der Waals surface area (Å²) in [6.45, 7) is 1.25.